The Bertz CT molecular complexity index is 547. The summed E-state index contributed by atoms with van der Waals surface area (Å²) in [6, 6.07) is 0. The zero-order valence-corrected chi connectivity index (χ0v) is 17.3. The van der Waals surface area contributed by atoms with Crippen molar-refractivity contribution in [1.29, 1.82) is 0 Å². The Balaban J connectivity index is 2.18. The quantitative estimate of drug-likeness (QED) is 0.225. The SMILES string of the molecule is CCCCCCCCc1sc(C(C)C)c(/C=C/C=O)c1C1CCCC1. The Morgan fingerprint density at radius 1 is 1.08 bits per heavy atom. The van der Waals surface area contributed by atoms with Crippen LogP contribution in [-0.2, 0) is 11.2 Å². The number of aryl methyl sites for hydroxylation is 1. The van der Waals surface area contributed by atoms with Crippen molar-refractivity contribution in [3.8, 4) is 0 Å². The van der Waals surface area contributed by atoms with Crippen LogP contribution in [0.2, 0.25) is 0 Å². The van der Waals surface area contributed by atoms with Crippen LogP contribution in [0.25, 0.3) is 6.08 Å². The van der Waals surface area contributed by atoms with Gasteiger partial charge in [0, 0.05) is 9.75 Å². The molecule has 0 saturated heterocycles. The minimum absolute atomic E-state index is 0.537. The molecule has 0 aliphatic heterocycles. The Morgan fingerprint density at radius 2 is 1.76 bits per heavy atom. The average molecular weight is 361 g/mol. The van der Waals surface area contributed by atoms with Gasteiger partial charge in [0.25, 0.3) is 0 Å². The number of hydrogen-bond acceptors (Lipinski definition) is 2. The highest BCUT2D eigenvalue weighted by molar-refractivity contribution is 7.12. The van der Waals surface area contributed by atoms with E-state index >= 15 is 0 Å². The fraction of sp³-hybridized carbons (Fsp3) is 0.696. The molecule has 1 fully saturated rings. The van der Waals surface area contributed by atoms with Crippen molar-refractivity contribution in [3.05, 3.63) is 27.0 Å². The van der Waals surface area contributed by atoms with E-state index in [0.717, 1.165) is 12.2 Å². The van der Waals surface area contributed by atoms with Crippen molar-refractivity contribution in [2.75, 3.05) is 0 Å². The topological polar surface area (TPSA) is 17.1 Å². The second kappa shape index (κ2) is 11.0. The number of carbonyl (C=O) groups is 1. The zero-order valence-electron chi connectivity index (χ0n) is 16.5. The van der Waals surface area contributed by atoms with E-state index in [1.54, 1.807) is 16.5 Å². The largest absolute Gasteiger partial charge is 0.299 e. The molecule has 2 heteroatoms. The minimum atomic E-state index is 0.537. The summed E-state index contributed by atoms with van der Waals surface area (Å²) in [6.07, 6.45) is 19.5. The lowest BCUT2D eigenvalue weighted by molar-refractivity contribution is -0.104. The highest BCUT2D eigenvalue weighted by Crippen LogP contribution is 2.45. The monoisotopic (exact) mass is 360 g/mol. The van der Waals surface area contributed by atoms with E-state index in [4.69, 9.17) is 0 Å². The molecule has 0 N–H and O–H groups in total. The molecule has 1 aliphatic carbocycles. The van der Waals surface area contributed by atoms with Crippen LogP contribution in [0.1, 0.15) is 118 Å². The smallest absolute Gasteiger partial charge is 0.142 e. The molecule has 1 aromatic heterocycles. The number of hydrogen-bond donors (Lipinski definition) is 0. The molecule has 25 heavy (non-hydrogen) atoms. The van der Waals surface area contributed by atoms with Gasteiger partial charge in [-0.25, -0.2) is 0 Å². The molecule has 0 spiro atoms. The third kappa shape index (κ3) is 5.81. The summed E-state index contributed by atoms with van der Waals surface area (Å²) in [5.74, 6) is 1.26. The van der Waals surface area contributed by atoms with E-state index in [-0.39, 0.29) is 0 Å². The molecule has 0 atom stereocenters. The van der Waals surface area contributed by atoms with E-state index in [0.29, 0.717) is 5.92 Å². The molecular formula is C23H36OS. The molecule has 2 rings (SSSR count). The number of carbonyl (C=O) groups excluding carboxylic acids is 1. The van der Waals surface area contributed by atoms with Crippen LogP contribution < -0.4 is 0 Å². The number of aldehydes is 1. The predicted molar refractivity (Wildman–Crippen MR) is 112 cm³/mol. The summed E-state index contributed by atoms with van der Waals surface area (Å²) >= 11 is 2.03. The van der Waals surface area contributed by atoms with Crippen LogP contribution >= 0.6 is 11.3 Å². The van der Waals surface area contributed by atoms with Crippen molar-refractivity contribution < 1.29 is 4.79 Å². The molecule has 1 heterocycles. The summed E-state index contributed by atoms with van der Waals surface area (Å²) < 4.78 is 0. The average Bonchev–Trinajstić information content (AvgIpc) is 3.23. The van der Waals surface area contributed by atoms with Gasteiger partial charge < -0.3 is 0 Å². The normalized spacial score (nSPS) is 15.7. The number of unbranched alkanes of at least 4 members (excludes halogenated alkanes) is 5. The first-order valence-corrected chi connectivity index (χ1v) is 11.3. The summed E-state index contributed by atoms with van der Waals surface area (Å²) in [5, 5.41) is 0. The molecule has 0 radical (unpaired) electrons. The maximum atomic E-state index is 10.9. The maximum absolute atomic E-state index is 10.9. The van der Waals surface area contributed by atoms with Crippen LogP contribution in [0.4, 0.5) is 0 Å². The van der Waals surface area contributed by atoms with Crippen LogP contribution in [0.3, 0.4) is 0 Å². The van der Waals surface area contributed by atoms with Gasteiger partial charge in [-0.05, 0) is 54.7 Å². The first-order chi connectivity index (χ1) is 12.2. The lowest BCUT2D eigenvalue weighted by atomic mass is 9.90. The third-order valence-corrected chi connectivity index (χ3v) is 7.06. The Hall–Kier alpha value is -0.890. The molecular weight excluding hydrogens is 324 g/mol. The molecule has 0 amide bonds. The first kappa shape index (κ1) is 20.4. The molecule has 1 aromatic rings. The minimum Gasteiger partial charge on any atom is -0.299 e. The highest BCUT2D eigenvalue weighted by atomic mass is 32.1. The van der Waals surface area contributed by atoms with Gasteiger partial charge in [-0.3, -0.25) is 4.79 Å². The van der Waals surface area contributed by atoms with Gasteiger partial charge in [-0.15, -0.1) is 11.3 Å². The summed E-state index contributed by atoms with van der Waals surface area (Å²) in [4.78, 5) is 14.0. The lowest BCUT2D eigenvalue weighted by Gasteiger charge is -2.14. The van der Waals surface area contributed by atoms with Gasteiger partial charge in [0.15, 0.2) is 0 Å². The molecule has 0 aromatic carbocycles. The summed E-state index contributed by atoms with van der Waals surface area (Å²) in [5.41, 5.74) is 3.00. The Labute approximate surface area is 158 Å². The number of allylic oxidation sites excluding steroid dienone is 1. The van der Waals surface area contributed by atoms with Gasteiger partial charge in [-0.2, -0.15) is 0 Å². The number of thiophene rings is 1. The van der Waals surface area contributed by atoms with Crippen LogP contribution in [0.15, 0.2) is 6.08 Å². The summed E-state index contributed by atoms with van der Waals surface area (Å²) in [7, 11) is 0. The molecule has 1 aliphatic rings. The number of rotatable bonds is 11. The van der Waals surface area contributed by atoms with E-state index in [2.05, 4.69) is 26.8 Å². The van der Waals surface area contributed by atoms with Gasteiger partial charge >= 0.3 is 0 Å². The first-order valence-electron chi connectivity index (χ1n) is 10.5. The molecule has 0 bridgehead atoms. The van der Waals surface area contributed by atoms with Crippen molar-refractivity contribution in [2.45, 2.75) is 103 Å². The van der Waals surface area contributed by atoms with Crippen molar-refractivity contribution in [3.63, 3.8) is 0 Å². The van der Waals surface area contributed by atoms with Crippen LogP contribution in [-0.4, -0.2) is 6.29 Å². The Morgan fingerprint density at radius 3 is 2.40 bits per heavy atom. The standard InChI is InChI=1S/C23H36OS/c1-4-5-6-7-8-9-16-21-22(19-13-10-11-14-19)20(15-12-17-24)23(25-21)18(2)3/h12,15,17-19H,4-11,13-14,16H2,1-3H3/b15-12+. The van der Waals surface area contributed by atoms with Crippen molar-refractivity contribution in [2.24, 2.45) is 0 Å². The van der Waals surface area contributed by atoms with E-state index < -0.39 is 0 Å². The van der Waals surface area contributed by atoms with Crippen molar-refractivity contribution >= 4 is 23.7 Å². The van der Waals surface area contributed by atoms with Gasteiger partial charge in [0.1, 0.15) is 6.29 Å². The Kier molecular flexibility index (Phi) is 8.95. The van der Waals surface area contributed by atoms with Gasteiger partial charge in [0.2, 0.25) is 0 Å². The highest BCUT2D eigenvalue weighted by Gasteiger charge is 2.26. The molecule has 1 nitrogen and oxygen atoms in total. The van der Waals surface area contributed by atoms with Gasteiger partial charge in [-0.1, -0.05) is 71.8 Å². The van der Waals surface area contributed by atoms with Crippen LogP contribution in [0, 0.1) is 0 Å². The van der Waals surface area contributed by atoms with Gasteiger partial charge in [0.05, 0.1) is 0 Å². The fourth-order valence-corrected chi connectivity index (χ4v) is 5.60. The summed E-state index contributed by atoms with van der Waals surface area (Å²) in [6.45, 7) is 6.86. The predicted octanol–water partition coefficient (Wildman–Crippen LogP) is 7.64. The second-order valence-corrected chi connectivity index (χ2v) is 9.00. The molecule has 0 unspecified atom stereocenters. The van der Waals surface area contributed by atoms with E-state index in [1.165, 1.54) is 81.1 Å². The molecule has 1 saturated carbocycles. The van der Waals surface area contributed by atoms with Crippen molar-refractivity contribution in [1.82, 2.24) is 0 Å². The maximum Gasteiger partial charge on any atom is 0.142 e. The van der Waals surface area contributed by atoms with Crippen LogP contribution in [0.5, 0.6) is 0 Å². The second-order valence-electron chi connectivity index (χ2n) is 7.87. The van der Waals surface area contributed by atoms with E-state index in [9.17, 15) is 4.79 Å². The zero-order chi connectivity index (χ0) is 18.1. The fourth-order valence-electron chi connectivity index (χ4n) is 4.18. The lowest BCUT2D eigenvalue weighted by Crippen LogP contribution is -1.99. The molecule has 140 valence electrons. The third-order valence-electron chi connectivity index (χ3n) is 5.48. The van der Waals surface area contributed by atoms with E-state index in [1.807, 2.05) is 11.3 Å².